The summed E-state index contributed by atoms with van der Waals surface area (Å²) in [4.78, 5) is 120. The van der Waals surface area contributed by atoms with E-state index in [1.165, 1.54) is 50.8 Å². The van der Waals surface area contributed by atoms with Gasteiger partial charge in [-0.25, -0.2) is 54.5 Å². The summed E-state index contributed by atoms with van der Waals surface area (Å²) in [7, 11) is 7.23. The predicted octanol–water partition coefficient (Wildman–Crippen LogP) is 17.6. The van der Waals surface area contributed by atoms with Crippen LogP contribution in [0.4, 0.5) is 17.5 Å². The van der Waals surface area contributed by atoms with Gasteiger partial charge in [-0.3, -0.25) is 51.7 Å². The van der Waals surface area contributed by atoms with E-state index < -0.39 is 0 Å². The van der Waals surface area contributed by atoms with Crippen LogP contribution in [0, 0.1) is 111 Å². The highest BCUT2D eigenvalue weighted by atomic mass is 16.2. The molecule has 31 nitrogen and oxygen atoms in total. The van der Waals surface area contributed by atoms with E-state index in [1.807, 2.05) is 139 Å². The largest absolute Gasteiger partial charge is 0.348 e. The summed E-state index contributed by atoms with van der Waals surface area (Å²) < 4.78 is 18.4. The van der Waals surface area contributed by atoms with Crippen LogP contribution in [0.5, 0.6) is 0 Å². The highest BCUT2D eigenvalue weighted by Gasteiger charge is 2.27. The van der Waals surface area contributed by atoms with Crippen molar-refractivity contribution in [1.82, 2.24) is 106 Å². The molecular weight excluding hydrogens is 1600 g/mol. The molecule has 127 heavy (non-hydrogen) atoms. The Morgan fingerprint density at radius 2 is 1.02 bits per heavy atom. The Kier molecular flexibility index (Phi) is 30.6. The summed E-state index contributed by atoms with van der Waals surface area (Å²) in [6, 6.07) is 7.10. The van der Waals surface area contributed by atoms with E-state index in [9.17, 15) is 28.8 Å². The molecule has 0 saturated carbocycles. The molecule has 0 aliphatic carbocycles. The first kappa shape index (κ1) is 98.2. The second-order valence-electron chi connectivity index (χ2n) is 35.4. The zero-order valence-corrected chi connectivity index (χ0v) is 82.1. The maximum absolute atomic E-state index is 12.2. The number of amidine groups is 1. The molecule has 678 valence electrons. The van der Waals surface area contributed by atoms with E-state index in [0.29, 0.717) is 70.7 Å². The molecule has 1 N–H and O–H groups in total. The lowest BCUT2D eigenvalue weighted by Crippen LogP contribution is -2.41. The lowest BCUT2D eigenvalue weighted by atomic mass is 9.99. The fourth-order valence-electron chi connectivity index (χ4n) is 16.2. The van der Waals surface area contributed by atoms with E-state index in [0.717, 1.165) is 134 Å². The Morgan fingerprint density at radius 3 is 1.59 bits per heavy atom. The first-order valence-electron chi connectivity index (χ1n) is 43.8. The van der Waals surface area contributed by atoms with Crippen molar-refractivity contribution >= 4 is 101 Å². The van der Waals surface area contributed by atoms with Gasteiger partial charge in [-0.2, -0.15) is 20.2 Å². The van der Waals surface area contributed by atoms with Crippen LogP contribution in [0.2, 0.25) is 0 Å². The monoisotopic (exact) mass is 1730 g/mol. The molecule has 1 aromatic carbocycles. The summed E-state index contributed by atoms with van der Waals surface area (Å²) in [5.41, 5.74) is 21.8. The summed E-state index contributed by atoms with van der Waals surface area (Å²) in [6.45, 7) is 69.4. The van der Waals surface area contributed by atoms with Crippen molar-refractivity contribution in [1.29, 1.82) is 0 Å². The molecule has 0 unspecified atom stereocenters. The van der Waals surface area contributed by atoms with Gasteiger partial charge in [0.15, 0.2) is 11.2 Å². The van der Waals surface area contributed by atoms with Gasteiger partial charge in [-0.05, 0) is 266 Å². The molecular formula is C96H133N25O6. The second kappa shape index (κ2) is 39.5. The zero-order valence-electron chi connectivity index (χ0n) is 82.1. The minimum atomic E-state index is -0.245. The van der Waals surface area contributed by atoms with Crippen LogP contribution in [-0.2, 0) is 33.0 Å². The van der Waals surface area contributed by atoms with Crippen molar-refractivity contribution in [3.05, 3.63) is 203 Å². The van der Waals surface area contributed by atoms with Gasteiger partial charge in [0, 0.05) is 141 Å². The van der Waals surface area contributed by atoms with Crippen LogP contribution >= 0.6 is 0 Å². The Bertz CT molecular complexity index is 6830. The number of imidazole rings is 1. The number of nitrogens with one attached hydrogen (secondary N) is 1. The maximum atomic E-state index is 12.2. The minimum Gasteiger partial charge on any atom is -0.347 e. The van der Waals surface area contributed by atoms with E-state index in [4.69, 9.17) is 0 Å². The lowest BCUT2D eigenvalue weighted by molar-refractivity contribution is -0.114. The Hall–Kier alpha value is -12.6. The van der Waals surface area contributed by atoms with Crippen molar-refractivity contribution in [2.24, 2.45) is 33.2 Å². The number of aromatic nitrogens is 22. The van der Waals surface area contributed by atoms with Gasteiger partial charge in [0.1, 0.15) is 69.1 Å². The van der Waals surface area contributed by atoms with Crippen LogP contribution in [0.25, 0.3) is 72.0 Å². The molecule has 0 atom stereocenters. The third kappa shape index (κ3) is 20.3. The second-order valence-corrected chi connectivity index (χ2v) is 35.4. The number of carbonyl (C=O) groups is 1. The molecule has 1 amide bonds. The smallest absolute Gasteiger partial charge is 0.347 e. The predicted molar refractivity (Wildman–Crippen MR) is 515 cm³/mol. The zero-order chi connectivity index (χ0) is 94.9. The van der Waals surface area contributed by atoms with Gasteiger partial charge in [-0.15, -0.1) is 0 Å². The van der Waals surface area contributed by atoms with Crippen molar-refractivity contribution in [3.63, 3.8) is 0 Å². The first-order chi connectivity index (χ1) is 59.3. The van der Waals surface area contributed by atoms with Crippen LogP contribution in [-0.4, -0.2) is 124 Å². The van der Waals surface area contributed by atoms with Crippen LogP contribution < -0.4 is 38.3 Å². The molecule has 13 aromatic heterocycles. The number of aliphatic imine (C=N–C) groups is 1. The number of hydrogen-bond donors (Lipinski definition) is 1. The lowest BCUT2D eigenvalue weighted by Gasteiger charge is -2.19. The summed E-state index contributed by atoms with van der Waals surface area (Å²) >= 11 is 0. The Balaban J connectivity index is 0.000000165. The molecule has 0 saturated heterocycles. The number of nitrogens with zero attached hydrogens (tertiary/aromatic N) is 24. The number of amides is 1. The number of hydrogen-bond acceptors (Lipinski definition) is 20. The number of likely N-dealkylation sites (N-methyl/N-ethyl adjacent to an activating group) is 1. The van der Waals surface area contributed by atoms with Gasteiger partial charge < -0.3 is 23.6 Å². The van der Waals surface area contributed by atoms with Gasteiger partial charge in [0.05, 0.1) is 50.1 Å². The molecule has 31 heteroatoms. The van der Waals surface area contributed by atoms with Crippen molar-refractivity contribution < 1.29 is 4.79 Å². The molecule has 2 aliphatic rings. The van der Waals surface area contributed by atoms with Crippen LogP contribution in [0.15, 0.2) is 71.8 Å². The van der Waals surface area contributed by atoms with Gasteiger partial charge in [0.2, 0.25) is 0 Å². The molecule has 0 fully saturated rings. The third-order valence-corrected chi connectivity index (χ3v) is 23.2. The average Bonchev–Trinajstić information content (AvgIpc) is 1.97. The molecule has 14 aromatic rings. The quantitative estimate of drug-likeness (QED) is 0.140. The maximum Gasteiger partial charge on any atom is 0.348 e. The number of benzene rings is 1. The van der Waals surface area contributed by atoms with Crippen molar-refractivity contribution in [2.45, 2.75) is 283 Å². The molecule has 16 rings (SSSR count). The Labute approximate surface area is 744 Å². The van der Waals surface area contributed by atoms with E-state index in [1.54, 1.807) is 47.1 Å². The summed E-state index contributed by atoms with van der Waals surface area (Å²) in [6.07, 6.45) is 9.71. The molecule has 0 spiro atoms. The number of rotatable bonds is 9. The minimum absolute atomic E-state index is 0.0285. The van der Waals surface area contributed by atoms with E-state index in [2.05, 4.69) is 225 Å². The Morgan fingerprint density at radius 1 is 0.441 bits per heavy atom. The van der Waals surface area contributed by atoms with Gasteiger partial charge >= 0.3 is 11.4 Å². The summed E-state index contributed by atoms with van der Waals surface area (Å²) in [5.74, 6) is 7.71. The van der Waals surface area contributed by atoms with Crippen LogP contribution in [0.1, 0.15) is 281 Å². The number of aryl methyl sites for hydroxylation is 13. The average molecular weight is 1730 g/mol. The molecule has 0 bridgehead atoms. The van der Waals surface area contributed by atoms with Gasteiger partial charge in [0.25, 0.3) is 22.6 Å². The van der Waals surface area contributed by atoms with E-state index >= 15 is 0 Å². The van der Waals surface area contributed by atoms with Gasteiger partial charge in [-0.1, -0.05) is 27.7 Å². The number of fused-ring (bicyclic) bond motifs is 4. The molecule has 2 aliphatic heterocycles. The summed E-state index contributed by atoms with van der Waals surface area (Å²) in [5, 5.41) is 16.4. The SMILES string of the molecule is CC1=Nc2c3c(nc(=O)ccc3cn2C(C)C)N1.CCN1C(=O)C=Cc2cn(C(C)C)c3nc(C)nc1c23.Cc1c(C)n(C(C)C)c(=O)n(C)c1=O.Cc1cc2c(c(C)nn2C(C)C)c(C)c1C.Cc1nc(=O)n(C(C)C)c(C)c1C.Cc1nc(C)c2c(n1)c(C(C)C)cn2C.Cc1nc(C)c2c(n1)c(C(C)C)nn2C.Cc1nc2c(nc(C)n2C(C)C)c(=O)n1C. The molecule has 15 heterocycles. The number of carbonyl (C=O) groups excluding carboxylic acids is 1. The van der Waals surface area contributed by atoms with E-state index in [-0.39, 0.29) is 52.1 Å². The van der Waals surface area contributed by atoms with Crippen molar-refractivity contribution in [2.75, 3.05) is 16.8 Å². The highest BCUT2D eigenvalue weighted by molar-refractivity contribution is 6.13. The molecule has 0 radical (unpaired) electrons. The normalized spacial score (nSPS) is 12.2. The first-order valence-corrected chi connectivity index (χ1v) is 43.8. The fraction of sp³-hybridized carbons (Fsp3) is 0.490. The third-order valence-electron chi connectivity index (χ3n) is 23.2. The van der Waals surface area contributed by atoms with Crippen LogP contribution in [0.3, 0.4) is 0 Å². The highest BCUT2D eigenvalue weighted by Crippen LogP contribution is 2.39. The number of anilines is 2. The van der Waals surface area contributed by atoms with Crippen molar-refractivity contribution in [3.8, 4) is 0 Å². The topological polar surface area (TPSA) is 334 Å². The standard InChI is InChI=1S/C15H18N4O.C14H20N2.C13H14N4O.C12H17N3.C11H16N4O.C11H16N4.C10H16N2O2.C10H16N2O/c1-5-18-12(20)7-6-11-8-19(9(2)3)15-13(11)14(18)16-10(4)17-15;1-8(2)16-13-7-9(3)10(4)11(5)14(13)12(6)15-16;1-7(2)17-6-9-4-5-10(18)16-12-11(9)13(17)15-8(3)14-12;1-7(2)10-6-15(5)12-8(3)13-9(4)14-11(10)12;1-6(2)15-8(4)12-9-10(15)13-7(3)14(5)11(9)16;1-6(2)9-10-11(15(5)14-9)7(3)12-8(4)13-10;1-6(2)12-8(4)7(3)9(13)11(5)10(12)14;1-6(2)12-9(5)7(3)8(4)11-10(12)13/h6-9H,5H2,1-4H3;7-8H,1-6H3;4-7H,1-3H3,(H,14,15,16,18);6-7H,1-5H3;6H,1-5H3;6H,1-5H3;6H,1-5H3;6H,1-5H3. The fourth-order valence-corrected chi connectivity index (χ4v) is 16.2.